The predicted octanol–water partition coefficient (Wildman–Crippen LogP) is 2.53. The molecule has 1 fully saturated rings. The van der Waals surface area contributed by atoms with Gasteiger partial charge in [0.05, 0.1) is 16.0 Å². The number of nitrogens with one attached hydrogen (secondary N) is 1. The van der Waals surface area contributed by atoms with Crippen molar-refractivity contribution >= 4 is 27.4 Å². The van der Waals surface area contributed by atoms with Gasteiger partial charge in [-0.3, -0.25) is 0 Å². The second-order valence-corrected chi connectivity index (χ2v) is 8.01. The summed E-state index contributed by atoms with van der Waals surface area (Å²) >= 11 is 5.01. The highest BCUT2D eigenvalue weighted by Gasteiger charge is 2.39. The van der Waals surface area contributed by atoms with E-state index in [1.165, 1.54) is 0 Å². The summed E-state index contributed by atoms with van der Waals surface area (Å²) in [6.45, 7) is 0.0670. The van der Waals surface area contributed by atoms with Crippen LogP contribution in [0.4, 0.5) is 26.3 Å². The smallest absolute Gasteiger partial charge is 0.366 e. The Hall–Kier alpha value is -1.60. The van der Waals surface area contributed by atoms with Crippen molar-refractivity contribution in [3.8, 4) is 0 Å². The minimum atomic E-state index is -5.12. The highest BCUT2D eigenvalue weighted by atomic mass is 32.2. The van der Waals surface area contributed by atoms with Gasteiger partial charge in [-0.25, -0.2) is 8.42 Å². The minimum Gasteiger partial charge on any atom is -0.366 e. The molecule has 152 valence electrons. The Labute approximate surface area is 157 Å². The molecule has 1 aromatic rings. The zero-order valence-corrected chi connectivity index (χ0v) is 15.5. The lowest BCUT2D eigenvalue weighted by Crippen LogP contribution is -2.52. The number of rotatable bonds is 2. The first-order chi connectivity index (χ1) is 12.3. The summed E-state index contributed by atoms with van der Waals surface area (Å²) in [5, 5.41) is 3.07. The maximum Gasteiger partial charge on any atom is 0.416 e. The van der Waals surface area contributed by atoms with Crippen LogP contribution in [0, 0.1) is 0 Å². The van der Waals surface area contributed by atoms with Gasteiger partial charge in [0.2, 0.25) is 10.0 Å². The van der Waals surface area contributed by atoms with Crippen molar-refractivity contribution in [2.24, 2.45) is 0 Å². The molecule has 1 aliphatic rings. The average Bonchev–Trinajstić information content (AvgIpc) is 2.59. The number of thiocarbonyl (C=S) groups is 1. The summed E-state index contributed by atoms with van der Waals surface area (Å²) in [5.41, 5.74) is -3.35. The first-order valence-electron chi connectivity index (χ1n) is 7.53. The van der Waals surface area contributed by atoms with Crippen molar-refractivity contribution in [2.75, 3.05) is 33.2 Å². The Morgan fingerprint density at radius 2 is 1.41 bits per heavy atom. The van der Waals surface area contributed by atoms with E-state index >= 15 is 0 Å². The Morgan fingerprint density at radius 3 is 1.78 bits per heavy atom. The van der Waals surface area contributed by atoms with Gasteiger partial charge in [0.25, 0.3) is 0 Å². The molecule has 0 aliphatic carbocycles. The predicted molar refractivity (Wildman–Crippen MR) is 88.4 cm³/mol. The molecule has 5 nitrogen and oxygen atoms in total. The van der Waals surface area contributed by atoms with Crippen molar-refractivity contribution in [3.05, 3.63) is 29.3 Å². The zero-order valence-electron chi connectivity index (χ0n) is 13.9. The number of benzene rings is 1. The van der Waals surface area contributed by atoms with E-state index in [0.29, 0.717) is 5.11 Å². The van der Waals surface area contributed by atoms with E-state index in [1.54, 1.807) is 11.9 Å². The standard InChI is InChI=1S/C14H15F6N3O2S2/c1-21-12(26)22-2-4-23(5-3-22)27(24,25)11-7-9(13(15,16)17)6-10(8-11)14(18,19)20/h6-8H,2-5H2,1H3,(H,21,26). The fourth-order valence-corrected chi connectivity index (χ4v) is 4.19. The largest absolute Gasteiger partial charge is 0.416 e. The number of sulfonamides is 1. The van der Waals surface area contributed by atoms with Gasteiger partial charge in [0.1, 0.15) is 0 Å². The lowest BCUT2D eigenvalue weighted by atomic mass is 10.1. The molecule has 0 amide bonds. The van der Waals surface area contributed by atoms with E-state index in [4.69, 9.17) is 12.2 Å². The van der Waals surface area contributed by atoms with Crippen LogP contribution in [0.2, 0.25) is 0 Å². The molecule has 13 heteroatoms. The average molecular weight is 435 g/mol. The highest BCUT2D eigenvalue weighted by molar-refractivity contribution is 7.89. The number of hydrogen-bond acceptors (Lipinski definition) is 3. The number of nitrogens with zero attached hydrogens (tertiary/aromatic N) is 2. The van der Waals surface area contributed by atoms with Crippen molar-refractivity contribution in [1.29, 1.82) is 0 Å². The molecule has 0 radical (unpaired) electrons. The van der Waals surface area contributed by atoms with Gasteiger partial charge in [0, 0.05) is 33.2 Å². The molecule has 0 unspecified atom stereocenters. The van der Waals surface area contributed by atoms with Crippen molar-refractivity contribution in [2.45, 2.75) is 17.2 Å². The summed E-state index contributed by atoms with van der Waals surface area (Å²) in [7, 11) is -2.96. The second-order valence-electron chi connectivity index (χ2n) is 5.69. The lowest BCUT2D eigenvalue weighted by molar-refractivity contribution is -0.143. The molecular weight excluding hydrogens is 420 g/mol. The van der Waals surface area contributed by atoms with Gasteiger partial charge >= 0.3 is 12.4 Å². The van der Waals surface area contributed by atoms with Crippen molar-refractivity contribution in [3.63, 3.8) is 0 Å². The quantitative estimate of drug-likeness (QED) is 0.572. The van der Waals surface area contributed by atoms with Gasteiger partial charge in [-0.2, -0.15) is 30.6 Å². The zero-order chi connectivity index (χ0) is 20.6. The molecule has 1 N–H and O–H groups in total. The van der Waals surface area contributed by atoms with Gasteiger partial charge in [-0.15, -0.1) is 0 Å². The first-order valence-corrected chi connectivity index (χ1v) is 9.38. The third kappa shape index (κ3) is 4.82. The van der Waals surface area contributed by atoms with Crippen molar-refractivity contribution < 1.29 is 34.8 Å². The normalized spacial score (nSPS) is 17.1. The Balaban J connectivity index is 2.40. The third-order valence-electron chi connectivity index (χ3n) is 3.94. The lowest BCUT2D eigenvalue weighted by Gasteiger charge is -2.35. The van der Waals surface area contributed by atoms with E-state index in [2.05, 4.69) is 5.32 Å². The topological polar surface area (TPSA) is 52.6 Å². The molecule has 1 aliphatic heterocycles. The first kappa shape index (κ1) is 21.7. The number of halogens is 6. The third-order valence-corrected chi connectivity index (χ3v) is 6.28. The Morgan fingerprint density at radius 1 is 0.963 bits per heavy atom. The minimum absolute atomic E-state index is 0.109. The van der Waals surface area contributed by atoms with Gasteiger partial charge in [0.15, 0.2) is 5.11 Å². The SMILES string of the molecule is CNC(=S)N1CCN(S(=O)(=O)c2cc(C(F)(F)F)cc(C(F)(F)F)c2)CC1. The van der Waals surface area contributed by atoms with Crippen LogP contribution in [0.25, 0.3) is 0 Å². The van der Waals surface area contributed by atoms with E-state index < -0.39 is 38.4 Å². The highest BCUT2D eigenvalue weighted by Crippen LogP contribution is 2.37. The van der Waals surface area contributed by atoms with Crippen LogP contribution in [-0.2, 0) is 22.4 Å². The molecule has 0 saturated carbocycles. The summed E-state index contributed by atoms with van der Waals surface area (Å²) in [6.07, 6.45) is -10.2. The molecule has 27 heavy (non-hydrogen) atoms. The Bertz CT molecular complexity index is 783. The molecule has 0 spiro atoms. The van der Waals surface area contributed by atoms with Crippen LogP contribution in [0.5, 0.6) is 0 Å². The van der Waals surface area contributed by atoms with E-state index in [9.17, 15) is 34.8 Å². The van der Waals surface area contributed by atoms with Gasteiger partial charge in [-0.1, -0.05) is 0 Å². The molecule has 0 bridgehead atoms. The summed E-state index contributed by atoms with van der Waals surface area (Å²) < 4.78 is 104. The Kier molecular flexibility index (Phi) is 5.97. The van der Waals surface area contributed by atoms with Crippen LogP contribution < -0.4 is 5.32 Å². The van der Waals surface area contributed by atoms with E-state index in [0.717, 1.165) is 4.31 Å². The summed E-state index contributed by atoms with van der Waals surface area (Å²) in [4.78, 5) is 0.601. The maximum absolute atomic E-state index is 12.9. The molecule has 1 aromatic carbocycles. The number of alkyl halides is 6. The molecule has 1 saturated heterocycles. The van der Waals surface area contributed by atoms with Crippen LogP contribution >= 0.6 is 12.2 Å². The fraction of sp³-hybridized carbons (Fsp3) is 0.500. The van der Waals surface area contributed by atoms with Crippen LogP contribution in [0.1, 0.15) is 11.1 Å². The van der Waals surface area contributed by atoms with E-state index in [1.807, 2.05) is 0 Å². The van der Waals surface area contributed by atoms with Crippen LogP contribution in [0.3, 0.4) is 0 Å². The van der Waals surface area contributed by atoms with Crippen LogP contribution in [-0.4, -0.2) is 56.0 Å². The molecule has 0 atom stereocenters. The van der Waals surface area contributed by atoms with Crippen LogP contribution in [0.15, 0.2) is 23.1 Å². The number of hydrogen-bond donors (Lipinski definition) is 1. The number of piperazine rings is 1. The van der Waals surface area contributed by atoms with Crippen molar-refractivity contribution in [1.82, 2.24) is 14.5 Å². The molecule has 0 aromatic heterocycles. The van der Waals surface area contributed by atoms with Gasteiger partial charge < -0.3 is 10.2 Å². The molecule has 2 rings (SSSR count). The van der Waals surface area contributed by atoms with Gasteiger partial charge in [-0.05, 0) is 30.4 Å². The second kappa shape index (κ2) is 7.43. The van der Waals surface area contributed by atoms with E-state index in [-0.39, 0.29) is 44.4 Å². The maximum atomic E-state index is 12.9. The summed E-state index contributed by atoms with van der Waals surface area (Å²) in [5.74, 6) is 0. The molecular formula is C14H15F6N3O2S2. The molecule has 1 heterocycles. The monoisotopic (exact) mass is 435 g/mol. The fourth-order valence-electron chi connectivity index (χ4n) is 2.51. The summed E-state index contributed by atoms with van der Waals surface area (Å²) in [6, 6.07) is 0.326.